The van der Waals surface area contributed by atoms with Crippen LogP contribution in [0.15, 0.2) is 24.3 Å². The van der Waals surface area contributed by atoms with Gasteiger partial charge in [-0.3, -0.25) is 0 Å². The lowest BCUT2D eigenvalue weighted by atomic mass is 10.1. The van der Waals surface area contributed by atoms with Crippen molar-refractivity contribution in [3.8, 4) is 0 Å². The molecule has 4 heteroatoms. The molecule has 1 aromatic rings. The summed E-state index contributed by atoms with van der Waals surface area (Å²) in [7, 11) is 0. The molecule has 1 aliphatic rings. The second-order valence-corrected chi connectivity index (χ2v) is 5.06. The molecule has 0 spiro atoms. The third kappa shape index (κ3) is 3.61. The first kappa shape index (κ1) is 14.6. The van der Waals surface area contributed by atoms with Crippen molar-refractivity contribution in [1.29, 1.82) is 0 Å². The molecule has 1 heterocycles. The molecule has 0 aromatic heterocycles. The second-order valence-electron chi connectivity index (χ2n) is 5.06. The number of aliphatic carboxylic acids is 1. The fourth-order valence-electron chi connectivity index (χ4n) is 2.49. The van der Waals surface area contributed by atoms with Gasteiger partial charge in [-0.2, -0.15) is 0 Å². The molecule has 1 aromatic carbocycles. The van der Waals surface area contributed by atoms with Crippen molar-refractivity contribution in [3.63, 3.8) is 0 Å². The van der Waals surface area contributed by atoms with Gasteiger partial charge in [0.2, 0.25) is 0 Å². The average Bonchev–Trinajstić information content (AvgIpc) is 2.45. The summed E-state index contributed by atoms with van der Waals surface area (Å²) in [6, 6.07) is 6.04. The fraction of sp³-hybridized carbons (Fsp3) is 0.438. The molecular formula is C16H21NO3. The SMILES string of the molecule is CCC1CN(c2ccc(C=CC(=O)O)cc2C)CCO1. The zero-order chi connectivity index (χ0) is 14.5. The maximum Gasteiger partial charge on any atom is 0.328 e. The monoisotopic (exact) mass is 275 g/mol. The third-order valence-corrected chi connectivity index (χ3v) is 3.57. The molecule has 1 unspecified atom stereocenters. The highest BCUT2D eigenvalue weighted by Crippen LogP contribution is 2.24. The van der Waals surface area contributed by atoms with E-state index in [1.807, 2.05) is 12.1 Å². The lowest BCUT2D eigenvalue weighted by Crippen LogP contribution is -2.42. The van der Waals surface area contributed by atoms with Crippen molar-refractivity contribution in [2.75, 3.05) is 24.6 Å². The van der Waals surface area contributed by atoms with Crippen LogP contribution in [0.4, 0.5) is 5.69 Å². The van der Waals surface area contributed by atoms with Gasteiger partial charge in [-0.15, -0.1) is 0 Å². The van der Waals surface area contributed by atoms with Crippen LogP contribution in [0.25, 0.3) is 6.08 Å². The van der Waals surface area contributed by atoms with Crippen LogP contribution in [0.3, 0.4) is 0 Å². The van der Waals surface area contributed by atoms with Crippen LogP contribution in [0.1, 0.15) is 24.5 Å². The van der Waals surface area contributed by atoms with Crippen LogP contribution in [0.5, 0.6) is 0 Å². The highest BCUT2D eigenvalue weighted by molar-refractivity contribution is 5.85. The highest BCUT2D eigenvalue weighted by atomic mass is 16.5. The minimum atomic E-state index is -0.925. The second kappa shape index (κ2) is 6.57. The maximum absolute atomic E-state index is 10.5. The van der Waals surface area contributed by atoms with E-state index in [-0.39, 0.29) is 0 Å². The van der Waals surface area contributed by atoms with E-state index in [1.54, 1.807) is 6.08 Å². The van der Waals surface area contributed by atoms with Gasteiger partial charge in [0.25, 0.3) is 0 Å². The Morgan fingerprint density at radius 1 is 1.55 bits per heavy atom. The zero-order valence-corrected chi connectivity index (χ0v) is 12.0. The molecule has 0 radical (unpaired) electrons. The van der Waals surface area contributed by atoms with Gasteiger partial charge in [0.15, 0.2) is 0 Å². The molecule has 0 bridgehead atoms. The summed E-state index contributed by atoms with van der Waals surface area (Å²) in [4.78, 5) is 12.9. The first-order valence-electron chi connectivity index (χ1n) is 6.98. The zero-order valence-electron chi connectivity index (χ0n) is 12.0. The Kier molecular flexibility index (Phi) is 4.79. The number of rotatable bonds is 4. The van der Waals surface area contributed by atoms with E-state index in [2.05, 4.69) is 24.8 Å². The predicted octanol–water partition coefficient (Wildman–Crippen LogP) is 2.71. The Morgan fingerprint density at radius 3 is 3.00 bits per heavy atom. The molecule has 1 atom stereocenters. The minimum absolute atomic E-state index is 0.301. The number of hydrogen-bond donors (Lipinski definition) is 1. The molecule has 1 aliphatic heterocycles. The van der Waals surface area contributed by atoms with E-state index < -0.39 is 5.97 Å². The van der Waals surface area contributed by atoms with Crippen LogP contribution < -0.4 is 4.90 Å². The molecule has 1 N–H and O–H groups in total. The molecule has 108 valence electrons. The number of carboxylic acid groups (broad SMARTS) is 1. The van der Waals surface area contributed by atoms with E-state index in [1.165, 1.54) is 5.69 Å². The first-order chi connectivity index (χ1) is 9.60. The van der Waals surface area contributed by atoms with Crippen LogP contribution in [-0.4, -0.2) is 36.9 Å². The normalized spacial score (nSPS) is 19.5. The number of anilines is 1. The number of nitrogens with zero attached hydrogens (tertiary/aromatic N) is 1. The van der Waals surface area contributed by atoms with E-state index in [0.717, 1.165) is 43.3 Å². The van der Waals surface area contributed by atoms with E-state index in [4.69, 9.17) is 9.84 Å². The van der Waals surface area contributed by atoms with Gasteiger partial charge >= 0.3 is 5.97 Å². The van der Waals surface area contributed by atoms with Gasteiger partial charge < -0.3 is 14.7 Å². The smallest absolute Gasteiger partial charge is 0.328 e. The van der Waals surface area contributed by atoms with Crippen LogP contribution in [0.2, 0.25) is 0 Å². The van der Waals surface area contributed by atoms with Crippen LogP contribution in [-0.2, 0) is 9.53 Å². The summed E-state index contributed by atoms with van der Waals surface area (Å²) in [6.07, 6.45) is 4.10. The molecule has 1 fully saturated rings. The number of benzene rings is 1. The van der Waals surface area contributed by atoms with Crippen molar-refractivity contribution in [1.82, 2.24) is 0 Å². The third-order valence-electron chi connectivity index (χ3n) is 3.57. The lowest BCUT2D eigenvalue weighted by molar-refractivity contribution is -0.131. The Balaban J connectivity index is 2.15. The van der Waals surface area contributed by atoms with Crippen molar-refractivity contribution in [2.24, 2.45) is 0 Å². The Bertz CT molecular complexity index is 510. The number of morpholine rings is 1. The predicted molar refractivity (Wildman–Crippen MR) is 80.1 cm³/mol. The quantitative estimate of drug-likeness (QED) is 0.858. The topological polar surface area (TPSA) is 49.8 Å². The van der Waals surface area contributed by atoms with Gasteiger partial charge in [0.05, 0.1) is 12.7 Å². The number of carbonyl (C=O) groups is 1. The number of carboxylic acids is 1. The average molecular weight is 275 g/mol. The van der Waals surface area contributed by atoms with Gasteiger partial charge in [-0.1, -0.05) is 13.0 Å². The first-order valence-corrected chi connectivity index (χ1v) is 6.98. The summed E-state index contributed by atoms with van der Waals surface area (Å²) < 4.78 is 5.69. The lowest BCUT2D eigenvalue weighted by Gasteiger charge is -2.35. The van der Waals surface area contributed by atoms with Crippen molar-refractivity contribution >= 4 is 17.7 Å². The Morgan fingerprint density at radius 2 is 2.35 bits per heavy atom. The molecule has 0 saturated carbocycles. The molecule has 1 saturated heterocycles. The molecule has 0 amide bonds. The minimum Gasteiger partial charge on any atom is -0.478 e. The van der Waals surface area contributed by atoms with Crippen molar-refractivity contribution < 1.29 is 14.6 Å². The van der Waals surface area contributed by atoms with Crippen LogP contribution in [0, 0.1) is 6.92 Å². The fourth-order valence-corrected chi connectivity index (χ4v) is 2.49. The van der Waals surface area contributed by atoms with Gasteiger partial charge in [0.1, 0.15) is 0 Å². The summed E-state index contributed by atoms with van der Waals surface area (Å²) >= 11 is 0. The van der Waals surface area contributed by atoms with Crippen molar-refractivity contribution in [2.45, 2.75) is 26.4 Å². The van der Waals surface area contributed by atoms with E-state index in [9.17, 15) is 4.79 Å². The summed E-state index contributed by atoms with van der Waals surface area (Å²) in [5.41, 5.74) is 3.28. The summed E-state index contributed by atoms with van der Waals surface area (Å²) in [5.74, 6) is -0.925. The van der Waals surface area contributed by atoms with E-state index >= 15 is 0 Å². The molecule has 0 aliphatic carbocycles. The largest absolute Gasteiger partial charge is 0.478 e. The number of ether oxygens (including phenoxy) is 1. The van der Waals surface area contributed by atoms with Gasteiger partial charge in [0, 0.05) is 24.9 Å². The summed E-state index contributed by atoms with van der Waals surface area (Å²) in [6.45, 7) is 6.78. The molecule has 2 rings (SSSR count). The van der Waals surface area contributed by atoms with E-state index in [0.29, 0.717) is 6.10 Å². The number of aryl methyl sites for hydroxylation is 1. The Labute approximate surface area is 119 Å². The molecule has 4 nitrogen and oxygen atoms in total. The Hall–Kier alpha value is -1.81. The van der Waals surface area contributed by atoms with Gasteiger partial charge in [-0.25, -0.2) is 4.79 Å². The molecule has 20 heavy (non-hydrogen) atoms. The summed E-state index contributed by atoms with van der Waals surface area (Å²) in [5, 5.41) is 8.65. The standard InChI is InChI=1S/C16H21NO3/c1-3-14-11-17(8-9-20-14)15-6-4-13(10-12(15)2)5-7-16(18)19/h4-7,10,14H,3,8-9,11H2,1-2H3,(H,18,19). The van der Waals surface area contributed by atoms with Gasteiger partial charge in [-0.05, 0) is 42.7 Å². The van der Waals surface area contributed by atoms with Crippen LogP contribution >= 0.6 is 0 Å². The highest BCUT2D eigenvalue weighted by Gasteiger charge is 2.20. The molecular weight excluding hydrogens is 254 g/mol. The van der Waals surface area contributed by atoms with Crippen molar-refractivity contribution in [3.05, 3.63) is 35.4 Å². The maximum atomic E-state index is 10.5. The number of hydrogen-bond acceptors (Lipinski definition) is 3.